The second-order valence-corrected chi connectivity index (χ2v) is 8.30. The van der Waals surface area contributed by atoms with Crippen LogP contribution in [0.1, 0.15) is 35.4 Å². The fourth-order valence-corrected chi connectivity index (χ4v) is 4.74. The molecule has 3 aromatic carbocycles. The van der Waals surface area contributed by atoms with Crippen molar-refractivity contribution in [3.05, 3.63) is 101 Å². The van der Waals surface area contributed by atoms with Gasteiger partial charge in [0.15, 0.2) is 0 Å². The minimum absolute atomic E-state index is 0.284. The Kier molecular flexibility index (Phi) is 7.06. The number of hydrogen-bond donors (Lipinski definition) is 2. The molecule has 1 fully saturated rings. The Hall–Kier alpha value is -2.33. The maximum Gasteiger partial charge on any atom is 0.123 e. The zero-order valence-corrected chi connectivity index (χ0v) is 18.1. The minimum atomic E-state index is 0.284. The summed E-state index contributed by atoms with van der Waals surface area (Å²) in [4.78, 5) is 0. The Labute approximate surface area is 184 Å². The van der Waals surface area contributed by atoms with Crippen molar-refractivity contribution >= 4 is 11.6 Å². The first-order valence-electron chi connectivity index (χ1n) is 10.7. The summed E-state index contributed by atoms with van der Waals surface area (Å²) in [6, 6.07) is 28.1. The van der Waals surface area contributed by atoms with Crippen LogP contribution in [0, 0.1) is 0 Å². The third kappa shape index (κ3) is 4.86. The topological polar surface area (TPSA) is 33.3 Å². The standard InChI is InChI=1S/C26H29ClN2O/c1-30-24-15-14-22(27)17-21(24)18-29-23-13-8-16-28-26(23)25(19-9-4-2-5-10-19)20-11-6-3-7-12-20/h2-7,9-12,14-15,17,23,25-26,28-29H,8,13,16,18H2,1H3/t23-,26+/m1/s1. The summed E-state index contributed by atoms with van der Waals surface area (Å²) >= 11 is 6.24. The predicted molar refractivity (Wildman–Crippen MR) is 124 cm³/mol. The molecule has 1 aliphatic rings. The Morgan fingerprint density at radius 3 is 2.30 bits per heavy atom. The lowest BCUT2D eigenvalue weighted by atomic mass is 9.79. The van der Waals surface area contributed by atoms with Crippen LogP contribution < -0.4 is 15.4 Å². The zero-order chi connectivity index (χ0) is 20.8. The zero-order valence-electron chi connectivity index (χ0n) is 17.4. The van der Waals surface area contributed by atoms with Crippen molar-refractivity contribution in [2.75, 3.05) is 13.7 Å². The molecule has 0 aromatic heterocycles. The van der Waals surface area contributed by atoms with Crippen molar-refractivity contribution in [1.82, 2.24) is 10.6 Å². The van der Waals surface area contributed by atoms with Crippen molar-refractivity contribution in [3.8, 4) is 5.75 Å². The number of halogens is 1. The normalized spacial score (nSPS) is 19.0. The van der Waals surface area contributed by atoms with Gasteiger partial charge in [0.2, 0.25) is 0 Å². The molecule has 0 aliphatic carbocycles. The molecule has 3 aromatic rings. The van der Waals surface area contributed by atoms with E-state index in [2.05, 4.69) is 71.3 Å². The summed E-state index contributed by atoms with van der Waals surface area (Å²) in [7, 11) is 1.71. The molecule has 2 atom stereocenters. The van der Waals surface area contributed by atoms with Crippen LogP contribution in [0.4, 0.5) is 0 Å². The average molecular weight is 421 g/mol. The van der Waals surface area contributed by atoms with Gasteiger partial charge in [0.05, 0.1) is 7.11 Å². The summed E-state index contributed by atoms with van der Waals surface area (Å²) in [5.41, 5.74) is 3.77. The number of piperidine rings is 1. The van der Waals surface area contributed by atoms with Crippen LogP contribution >= 0.6 is 11.6 Å². The second kappa shape index (κ2) is 10.1. The fraction of sp³-hybridized carbons (Fsp3) is 0.308. The molecule has 4 rings (SSSR count). The Morgan fingerprint density at radius 2 is 1.67 bits per heavy atom. The SMILES string of the molecule is COc1ccc(Cl)cc1CN[C@@H]1CCCN[C@@H]1C(c1ccccc1)c1ccccc1. The summed E-state index contributed by atoms with van der Waals surface area (Å²) in [5, 5.41) is 8.37. The van der Waals surface area contributed by atoms with Gasteiger partial charge in [0, 0.05) is 35.1 Å². The lowest BCUT2D eigenvalue weighted by molar-refractivity contribution is 0.279. The van der Waals surface area contributed by atoms with E-state index < -0.39 is 0 Å². The van der Waals surface area contributed by atoms with Crippen LogP contribution in [-0.2, 0) is 6.54 Å². The Balaban J connectivity index is 1.61. The minimum Gasteiger partial charge on any atom is -0.496 e. The molecule has 1 heterocycles. The van der Waals surface area contributed by atoms with Gasteiger partial charge in [-0.2, -0.15) is 0 Å². The summed E-state index contributed by atoms with van der Waals surface area (Å²) in [6.07, 6.45) is 2.30. The number of methoxy groups -OCH3 is 1. The van der Waals surface area contributed by atoms with Crippen LogP contribution in [0.15, 0.2) is 78.9 Å². The third-order valence-electron chi connectivity index (χ3n) is 5.98. The Bertz CT molecular complexity index is 893. The van der Waals surface area contributed by atoms with E-state index in [0.29, 0.717) is 12.1 Å². The summed E-state index contributed by atoms with van der Waals surface area (Å²) < 4.78 is 5.54. The number of nitrogens with one attached hydrogen (secondary N) is 2. The quantitative estimate of drug-likeness (QED) is 0.537. The molecule has 1 saturated heterocycles. The van der Waals surface area contributed by atoms with E-state index >= 15 is 0 Å². The first-order chi connectivity index (χ1) is 14.8. The number of hydrogen-bond acceptors (Lipinski definition) is 3. The molecule has 3 nitrogen and oxygen atoms in total. The molecule has 0 bridgehead atoms. The molecule has 2 N–H and O–H groups in total. The molecule has 0 amide bonds. The number of rotatable bonds is 7. The second-order valence-electron chi connectivity index (χ2n) is 7.86. The molecule has 1 aliphatic heterocycles. The van der Waals surface area contributed by atoms with Gasteiger partial charge in [0.1, 0.15) is 5.75 Å². The molecule has 4 heteroatoms. The van der Waals surface area contributed by atoms with E-state index in [-0.39, 0.29) is 5.92 Å². The molecule has 30 heavy (non-hydrogen) atoms. The molecular formula is C26H29ClN2O. The van der Waals surface area contributed by atoms with Crippen LogP contribution in [0.25, 0.3) is 0 Å². The van der Waals surface area contributed by atoms with Crippen LogP contribution in [0.2, 0.25) is 5.02 Å². The summed E-state index contributed by atoms with van der Waals surface area (Å²) in [5.74, 6) is 1.15. The molecular weight excluding hydrogens is 392 g/mol. The highest BCUT2D eigenvalue weighted by Gasteiger charge is 2.33. The van der Waals surface area contributed by atoms with Crippen LogP contribution in [0.3, 0.4) is 0 Å². The molecule has 0 unspecified atom stereocenters. The van der Waals surface area contributed by atoms with Gasteiger partial charge < -0.3 is 15.4 Å². The highest BCUT2D eigenvalue weighted by Crippen LogP contribution is 2.32. The van der Waals surface area contributed by atoms with Gasteiger partial charge in [-0.3, -0.25) is 0 Å². The van der Waals surface area contributed by atoms with Gasteiger partial charge in [-0.25, -0.2) is 0 Å². The van der Waals surface area contributed by atoms with Gasteiger partial charge >= 0.3 is 0 Å². The van der Waals surface area contributed by atoms with E-state index in [9.17, 15) is 0 Å². The molecule has 0 spiro atoms. The van der Waals surface area contributed by atoms with Crippen molar-refractivity contribution in [3.63, 3.8) is 0 Å². The van der Waals surface area contributed by atoms with Crippen LogP contribution in [-0.4, -0.2) is 25.7 Å². The largest absolute Gasteiger partial charge is 0.496 e. The monoisotopic (exact) mass is 420 g/mol. The summed E-state index contributed by atoms with van der Waals surface area (Å²) in [6.45, 7) is 1.77. The van der Waals surface area contributed by atoms with E-state index in [1.807, 2.05) is 18.2 Å². The lowest BCUT2D eigenvalue weighted by Crippen LogP contribution is -2.54. The first-order valence-corrected chi connectivity index (χ1v) is 11.0. The first kappa shape index (κ1) is 20.9. The maximum atomic E-state index is 6.24. The van der Waals surface area contributed by atoms with Crippen molar-refractivity contribution in [2.24, 2.45) is 0 Å². The predicted octanol–water partition coefficient (Wildman–Crippen LogP) is 5.39. The van der Waals surface area contributed by atoms with E-state index in [4.69, 9.17) is 16.3 Å². The lowest BCUT2D eigenvalue weighted by Gasteiger charge is -2.39. The smallest absolute Gasteiger partial charge is 0.123 e. The Morgan fingerprint density at radius 1 is 1.00 bits per heavy atom. The van der Waals surface area contributed by atoms with Gasteiger partial charge in [0.25, 0.3) is 0 Å². The third-order valence-corrected chi connectivity index (χ3v) is 6.21. The van der Waals surface area contributed by atoms with Crippen molar-refractivity contribution < 1.29 is 4.74 Å². The highest BCUT2D eigenvalue weighted by molar-refractivity contribution is 6.30. The van der Waals surface area contributed by atoms with Gasteiger partial charge in [-0.1, -0.05) is 72.3 Å². The number of ether oxygens (including phenoxy) is 1. The highest BCUT2D eigenvalue weighted by atomic mass is 35.5. The maximum absolute atomic E-state index is 6.24. The van der Waals surface area contributed by atoms with Gasteiger partial charge in [-0.05, 0) is 48.7 Å². The molecule has 156 valence electrons. The number of benzene rings is 3. The molecule has 0 saturated carbocycles. The van der Waals surface area contributed by atoms with Crippen molar-refractivity contribution in [2.45, 2.75) is 37.4 Å². The molecule has 0 radical (unpaired) electrons. The fourth-order valence-electron chi connectivity index (χ4n) is 4.55. The van der Waals surface area contributed by atoms with Gasteiger partial charge in [-0.15, -0.1) is 0 Å². The van der Waals surface area contributed by atoms with E-state index in [0.717, 1.165) is 42.3 Å². The van der Waals surface area contributed by atoms with Crippen LogP contribution in [0.5, 0.6) is 5.75 Å². The van der Waals surface area contributed by atoms with E-state index in [1.54, 1.807) is 7.11 Å². The van der Waals surface area contributed by atoms with Crippen molar-refractivity contribution in [1.29, 1.82) is 0 Å². The van der Waals surface area contributed by atoms with E-state index in [1.165, 1.54) is 11.1 Å². The average Bonchev–Trinajstić information content (AvgIpc) is 2.80.